The first-order valence-electron chi connectivity index (χ1n) is 9.79. The molecule has 0 aliphatic carbocycles. The van der Waals surface area contributed by atoms with Gasteiger partial charge in [0.15, 0.2) is 10.9 Å². The molecule has 0 saturated heterocycles. The van der Waals surface area contributed by atoms with Gasteiger partial charge in [0.2, 0.25) is 11.0 Å². The Kier molecular flexibility index (Phi) is 6.98. The van der Waals surface area contributed by atoms with E-state index in [2.05, 4.69) is 20.8 Å². The van der Waals surface area contributed by atoms with Gasteiger partial charge < -0.3 is 10.1 Å². The minimum atomic E-state index is -0.331. The van der Waals surface area contributed by atoms with Gasteiger partial charge in [-0.2, -0.15) is 0 Å². The molecule has 0 aliphatic rings. The third kappa shape index (κ3) is 6.05. The number of carbonyl (C=O) groups is 2. The number of rotatable bonds is 8. The average molecular weight is 465 g/mol. The zero-order valence-electron chi connectivity index (χ0n) is 17.2. The number of anilines is 2. The van der Waals surface area contributed by atoms with Gasteiger partial charge in [-0.1, -0.05) is 71.1 Å². The Morgan fingerprint density at radius 2 is 1.72 bits per heavy atom. The summed E-state index contributed by atoms with van der Waals surface area (Å²) in [5.41, 5.74) is 1.88. The van der Waals surface area contributed by atoms with Crippen LogP contribution in [0.5, 0.6) is 5.75 Å². The van der Waals surface area contributed by atoms with Gasteiger partial charge in [0.1, 0.15) is 5.75 Å². The quantitative estimate of drug-likeness (QED) is 0.289. The Labute approximate surface area is 193 Å². The van der Waals surface area contributed by atoms with Crippen LogP contribution in [0, 0.1) is 6.92 Å². The number of benzene rings is 3. The number of nitrogens with zero attached hydrogens (tertiary/aromatic N) is 2. The standard InChI is InChI=1S/C23H20N4O3S2/c1-15-6-9-18(10-7-15)24-21(29)14-31-23-27-26-22(32-23)25-20(28)13-30-19-11-8-16-4-2-3-5-17(16)12-19/h2-12H,13-14H2,1H3,(H,24,29)(H,25,26,28). The summed E-state index contributed by atoms with van der Waals surface area (Å²) >= 11 is 2.47. The van der Waals surface area contributed by atoms with Gasteiger partial charge in [-0.05, 0) is 42.0 Å². The van der Waals surface area contributed by atoms with Crippen molar-refractivity contribution in [2.24, 2.45) is 0 Å². The predicted octanol–water partition coefficient (Wildman–Crippen LogP) is 4.75. The summed E-state index contributed by atoms with van der Waals surface area (Å²) in [6, 6.07) is 21.2. The lowest BCUT2D eigenvalue weighted by molar-refractivity contribution is -0.118. The molecule has 0 unspecified atom stereocenters. The number of hydrogen-bond acceptors (Lipinski definition) is 7. The smallest absolute Gasteiger partial charge is 0.264 e. The topological polar surface area (TPSA) is 93.2 Å². The molecule has 0 spiro atoms. The van der Waals surface area contributed by atoms with Gasteiger partial charge in [-0.25, -0.2) is 0 Å². The number of thioether (sulfide) groups is 1. The second-order valence-corrected chi connectivity index (χ2v) is 9.12. The first kappa shape index (κ1) is 21.8. The third-order valence-corrected chi connectivity index (χ3v) is 6.38. The number of carbonyl (C=O) groups excluding carboxylic acids is 2. The highest BCUT2D eigenvalue weighted by atomic mass is 32.2. The largest absolute Gasteiger partial charge is 0.484 e. The Morgan fingerprint density at radius 3 is 2.53 bits per heavy atom. The number of amides is 2. The Bertz CT molecular complexity index is 1240. The third-order valence-electron chi connectivity index (χ3n) is 4.41. The van der Waals surface area contributed by atoms with Gasteiger partial charge in [0.25, 0.3) is 5.91 Å². The van der Waals surface area contributed by atoms with E-state index in [9.17, 15) is 9.59 Å². The molecule has 3 aromatic carbocycles. The Morgan fingerprint density at radius 1 is 0.938 bits per heavy atom. The minimum Gasteiger partial charge on any atom is -0.484 e. The molecule has 2 amide bonds. The molecular weight excluding hydrogens is 444 g/mol. The number of fused-ring (bicyclic) bond motifs is 1. The van der Waals surface area contributed by atoms with E-state index in [0.717, 1.165) is 22.0 Å². The molecule has 2 N–H and O–H groups in total. The molecule has 0 saturated carbocycles. The fraction of sp³-hybridized carbons (Fsp3) is 0.130. The predicted molar refractivity (Wildman–Crippen MR) is 129 cm³/mol. The highest BCUT2D eigenvalue weighted by Crippen LogP contribution is 2.26. The van der Waals surface area contributed by atoms with Gasteiger partial charge in [-0.15, -0.1) is 10.2 Å². The molecule has 0 atom stereocenters. The normalized spacial score (nSPS) is 10.7. The summed E-state index contributed by atoms with van der Waals surface area (Å²) in [4.78, 5) is 24.3. The van der Waals surface area contributed by atoms with Crippen LogP contribution in [-0.2, 0) is 9.59 Å². The number of aryl methyl sites for hydroxylation is 1. The van der Waals surface area contributed by atoms with Crippen LogP contribution in [0.25, 0.3) is 10.8 Å². The van der Waals surface area contributed by atoms with Crippen molar-refractivity contribution in [3.63, 3.8) is 0 Å². The van der Waals surface area contributed by atoms with E-state index in [4.69, 9.17) is 4.74 Å². The van der Waals surface area contributed by atoms with Gasteiger partial charge in [-0.3, -0.25) is 14.9 Å². The van der Waals surface area contributed by atoms with E-state index in [-0.39, 0.29) is 24.2 Å². The van der Waals surface area contributed by atoms with Gasteiger partial charge in [0.05, 0.1) is 5.75 Å². The minimum absolute atomic E-state index is 0.136. The number of nitrogens with one attached hydrogen (secondary N) is 2. The highest BCUT2D eigenvalue weighted by molar-refractivity contribution is 8.01. The van der Waals surface area contributed by atoms with E-state index in [0.29, 0.717) is 15.2 Å². The zero-order valence-corrected chi connectivity index (χ0v) is 18.8. The van der Waals surface area contributed by atoms with Crippen molar-refractivity contribution >= 4 is 56.5 Å². The fourth-order valence-corrected chi connectivity index (χ4v) is 4.41. The van der Waals surface area contributed by atoms with Crippen molar-refractivity contribution in [1.82, 2.24) is 10.2 Å². The lowest BCUT2D eigenvalue weighted by atomic mass is 10.1. The van der Waals surface area contributed by atoms with E-state index in [1.165, 1.54) is 23.1 Å². The molecular formula is C23H20N4O3S2. The van der Waals surface area contributed by atoms with Crippen LogP contribution < -0.4 is 15.4 Å². The molecule has 32 heavy (non-hydrogen) atoms. The fourth-order valence-electron chi connectivity index (χ4n) is 2.84. The molecule has 4 aromatic rings. The second-order valence-electron chi connectivity index (χ2n) is 6.92. The zero-order chi connectivity index (χ0) is 22.3. The van der Waals surface area contributed by atoms with Gasteiger partial charge in [0, 0.05) is 5.69 Å². The number of ether oxygens (including phenoxy) is 1. The maximum atomic E-state index is 12.2. The van der Waals surface area contributed by atoms with Gasteiger partial charge >= 0.3 is 0 Å². The summed E-state index contributed by atoms with van der Waals surface area (Å²) in [5, 5.41) is 16.0. The molecule has 1 heterocycles. The molecule has 0 bridgehead atoms. The first-order valence-corrected chi connectivity index (χ1v) is 11.6. The van der Waals surface area contributed by atoms with Crippen molar-refractivity contribution in [2.45, 2.75) is 11.3 Å². The van der Waals surface area contributed by atoms with Crippen LogP contribution in [-0.4, -0.2) is 34.4 Å². The number of hydrogen-bond donors (Lipinski definition) is 2. The summed E-state index contributed by atoms with van der Waals surface area (Å²) in [5.74, 6) is 0.347. The maximum Gasteiger partial charge on any atom is 0.264 e. The monoisotopic (exact) mass is 464 g/mol. The van der Waals surface area contributed by atoms with Crippen molar-refractivity contribution in [1.29, 1.82) is 0 Å². The lowest BCUT2D eigenvalue weighted by Crippen LogP contribution is -2.20. The van der Waals surface area contributed by atoms with E-state index in [1.54, 1.807) is 0 Å². The molecule has 1 aromatic heterocycles. The molecule has 0 aliphatic heterocycles. The molecule has 9 heteroatoms. The number of aromatic nitrogens is 2. The molecule has 162 valence electrons. The summed E-state index contributed by atoms with van der Waals surface area (Å²) in [7, 11) is 0. The van der Waals surface area contributed by atoms with Crippen molar-refractivity contribution in [3.05, 3.63) is 72.3 Å². The highest BCUT2D eigenvalue weighted by Gasteiger charge is 2.11. The first-order chi connectivity index (χ1) is 15.5. The van der Waals surface area contributed by atoms with Crippen LogP contribution in [0.4, 0.5) is 10.8 Å². The van der Waals surface area contributed by atoms with Crippen molar-refractivity contribution in [2.75, 3.05) is 23.0 Å². The Balaban J connectivity index is 1.22. The van der Waals surface area contributed by atoms with E-state index < -0.39 is 0 Å². The van der Waals surface area contributed by atoms with Crippen molar-refractivity contribution in [3.8, 4) is 5.75 Å². The van der Waals surface area contributed by atoms with Crippen LogP contribution in [0.15, 0.2) is 71.1 Å². The molecule has 4 rings (SSSR count). The molecule has 7 nitrogen and oxygen atoms in total. The molecule has 0 radical (unpaired) electrons. The van der Waals surface area contributed by atoms with E-state index >= 15 is 0 Å². The molecule has 0 fully saturated rings. The van der Waals surface area contributed by atoms with Crippen molar-refractivity contribution < 1.29 is 14.3 Å². The second kappa shape index (κ2) is 10.3. The van der Waals surface area contributed by atoms with Crippen LogP contribution in [0.3, 0.4) is 0 Å². The SMILES string of the molecule is Cc1ccc(NC(=O)CSc2nnc(NC(=O)COc3ccc4ccccc4c3)s2)cc1. The summed E-state index contributed by atoms with van der Waals surface area (Å²) in [6.07, 6.45) is 0. The van der Waals surface area contributed by atoms with Crippen LogP contribution >= 0.6 is 23.1 Å². The summed E-state index contributed by atoms with van der Waals surface area (Å²) < 4.78 is 6.18. The van der Waals surface area contributed by atoms with E-state index in [1.807, 2.05) is 73.7 Å². The van der Waals surface area contributed by atoms with Crippen LogP contribution in [0.1, 0.15) is 5.56 Å². The average Bonchev–Trinajstić information content (AvgIpc) is 3.25. The summed E-state index contributed by atoms with van der Waals surface area (Å²) in [6.45, 7) is 1.85. The lowest BCUT2D eigenvalue weighted by Gasteiger charge is -2.06. The Hall–Kier alpha value is -3.43. The van der Waals surface area contributed by atoms with Crippen LogP contribution in [0.2, 0.25) is 0 Å². The maximum absolute atomic E-state index is 12.2.